The Morgan fingerprint density at radius 1 is 1.03 bits per heavy atom. The SMILES string of the molecule is CC(C)(C)OC(=O)N(C(=O)OCc1ccccc1)[C@@H](CCCCN)C(=O)NCCCCCO. The van der Waals surface area contributed by atoms with Crippen molar-refractivity contribution < 1.29 is 29.0 Å². The van der Waals surface area contributed by atoms with Crippen molar-refractivity contribution in [3.63, 3.8) is 0 Å². The van der Waals surface area contributed by atoms with Crippen LogP contribution in [-0.4, -0.2) is 59.4 Å². The summed E-state index contributed by atoms with van der Waals surface area (Å²) in [7, 11) is 0. The molecular weight excluding hydrogens is 426 g/mol. The van der Waals surface area contributed by atoms with Crippen LogP contribution in [-0.2, 0) is 20.9 Å². The number of benzene rings is 1. The summed E-state index contributed by atoms with van der Waals surface area (Å²) in [5.41, 5.74) is 5.48. The van der Waals surface area contributed by atoms with Gasteiger partial charge in [-0.15, -0.1) is 0 Å². The van der Waals surface area contributed by atoms with Gasteiger partial charge in [-0.25, -0.2) is 9.59 Å². The minimum Gasteiger partial charge on any atom is -0.444 e. The molecular formula is C24H39N3O6. The van der Waals surface area contributed by atoms with Crippen molar-refractivity contribution in [1.29, 1.82) is 0 Å². The summed E-state index contributed by atoms with van der Waals surface area (Å²) in [5, 5.41) is 11.7. The van der Waals surface area contributed by atoms with E-state index in [9.17, 15) is 14.4 Å². The monoisotopic (exact) mass is 465 g/mol. The molecule has 1 rings (SSSR count). The van der Waals surface area contributed by atoms with Gasteiger partial charge in [0.25, 0.3) is 0 Å². The minimum atomic E-state index is -1.09. The minimum absolute atomic E-state index is 0.0444. The first-order chi connectivity index (χ1) is 15.7. The van der Waals surface area contributed by atoms with Gasteiger partial charge in [-0.1, -0.05) is 30.3 Å². The highest BCUT2D eigenvalue weighted by Gasteiger charge is 2.38. The number of nitrogens with zero attached hydrogens (tertiary/aromatic N) is 1. The number of nitrogens with one attached hydrogen (secondary N) is 1. The molecule has 3 amide bonds. The second-order valence-corrected chi connectivity index (χ2v) is 8.77. The smallest absolute Gasteiger partial charge is 0.420 e. The molecule has 0 spiro atoms. The Labute approximate surface area is 196 Å². The van der Waals surface area contributed by atoms with E-state index in [2.05, 4.69) is 5.32 Å². The summed E-state index contributed by atoms with van der Waals surface area (Å²) >= 11 is 0. The summed E-state index contributed by atoms with van der Waals surface area (Å²) in [4.78, 5) is 39.8. The van der Waals surface area contributed by atoms with Crippen LogP contribution in [0.15, 0.2) is 30.3 Å². The molecule has 0 saturated carbocycles. The number of nitrogens with two attached hydrogens (primary N) is 1. The Balaban J connectivity index is 3.03. The lowest BCUT2D eigenvalue weighted by molar-refractivity contribution is -0.126. The fraction of sp³-hybridized carbons (Fsp3) is 0.625. The standard InChI is InChI=1S/C24H39N3O6/c1-24(2,3)33-23(31)27(22(30)32-18-19-12-6-4-7-13-19)20(14-8-9-15-25)21(29)26-16-10-5-11-17-28/h4,6-7,12-13,20,28H,5,8-11,14-18,25H2,1-3H3,(H,26,29)/t20-/m0/s1. The lowest BCUT2D eigenvalue weighted by Gasteiger charge is -2.31. The molecule has 0 aliphatic rings. The van der Waals surface area contributed by atoms with E-state index < -0.39 is 29.7 Å². The molecule has 1 aromatic rings. The molecule has 0 bridgehead atoms. The molecule has 1 aromatic carbocycles. The van der Waals surface area contributed by atoms with Crippen LogP contribution in [0.5, 0.6) is 0 Å². The summed E-state index contributed by atoms with van der Waals surface area (Å²) in [6.45, 7) is 5.90. The number of carbonyl (C=O) groups excluding carboxylic acids is 3. The molecule has 4 N–H and O–H groups in total. The second-order valence-electron chi connectivity index (χ2n) is 8.77. The maximum absolute atomic E-state index is 13.0. The Bertz CT molecular complexity index is 721. The van der Waals surface area contributed by atoms with Crippen LogP contribution in [0.1, 0.15) is 64.9 Å². The van der Waals surface area contributed by atoms with Crippen LogP contribution < -0.4 is 11.1 Å². The van der Waals surface area contributed by atoms with E-state index in [0.717, 1.165) is 16.9 Å². The lowest BCUT2D eigenvalue weighted by Crippen LogP contribution is -2.53. The zero-order valence-corrected chi connectivity index (χ0v) is 20.0. The van der Waals surface area contributed by atoms with E-state index in [1.807, 2.05) is 18.2 Å². The molecule has 0 radical (unpaired) electrons. The first kappa shape index (κ1) is 28.4. The van der Waals surface area contributed by atoms with Crippen molar-refractivity contribution >= 4 is 18.1 Å². The Morgan fingerprint density at radius 2 is 1.73 bits per heavy atom. The zero-order valence-electron chi connectivity index (χ0n) is 20.0. The first-order valence-corrected chi connectivity index (χ1v) is 11.5. The van der Waals surface area contributed by atoms with Gasteiger partial charge in [0, 0.05) is 13.2 Å². The number of unbranched alkanes of at least 4 members (excludes halogenated alkanes) is 3. The van der Waals surface area contributed by atoms with Gasteiger partial charge < -0.3 is 25.6 Å². The van der Waals surface area contributed by atoms with Crippen LogP contribution >= 0.6 is 0 Å². The van der Waals surface area contributed by atoms with Crippen molar-refractivity contribution in [2.24, 2.45) is 5.73 Å². The molecule has 0 saturated heterocycles. The van der Waals surface area contributed by atoms with Crippen LogP contribution in [0.4, 0.5) is 9.59 Å². The summed E-state index contributed by atoms with van der Waals surface area (Å²) in [6, 6.07) is 7.97. The number of carbonyl (C=O) groups is 3. The highest BCUT2D eigenvalue weighted by atomic mass is 16.6. The van der Waals surface area contributed by atoms with Crippen LogP contribution in [0.3, 0.4) is 0 Å². The molecule has 0 unspecified atom stereocenters. The average molecular weight is 466 g/mol. The van der Waals surface area contributed by atoms with Crippen molar-refractivity contribution in [1.82, 2.24) is 10.2 Å². The topological polar surface area (TPSA) is 131 Å². The first-order valence-electron chi connectivity index (χ1n) is 11.5. The van der Waals surface area contributed by atoms with Crippen molar-refractivity contribution in [2.75, 3.05) is 19.7 Å². The van der Waals surface area contributed by atoms with Crippen LogP contribution in [0.25, 0.3) is 0 Å². The largest absolute Gasteiger partial charge is 0.444 e. The van der Waals surface area contributed by atoms with Gasteiger partial charge in [-0.05, 0) is 71.4 Å². The van der Waals surface area contributed by atoms with Crippen molar-refractivity contribution in [2.45, 2.75) is 77.5 Å². The summed E-state index contributed by atoms with van der Waals surface area (Å²) < 4.78 is 10.8. The molecule has 1 atom stereocenters. The van der Waals surface area contributed by atoms with E-state index in [-0.39, 0.29) is 19.6 Å². The highest BCUT2D eigenvalue weighted by Crippen LogP contribution is 2.18. The van der Waals surface area contributed by atoms with E-state index >= 15 is 0 Å². The third kappa shape index (κ3) is 11.7. The fourth-order valence-electron chi connectivity index (χ4n) is 3.03. The number of aliphatic hydroxyl groups is 1. The number of rotatable bonds is 13. The van der Waals surface area contributed by atoms with Crippen LogP contribution in [0, 0.1) is 0 Å². The molecule has 9 nitrogen and oxygen atoms in total. The quantitative estimate of drug-likeness (QED) is 0.381. The number of amides is 3. The predicted octanol–water partition coefficient (Wildman–Crippen LogP) is 3.34. The van der Waals surface area contributed by atoms with Gasteiger partial charge in [-0.3, -0.25) is 4.79 Å². The number of hydrogen-bond donors (Lipinski definition) is 3. The molecule has 9 heteroatoms. The van der Waals surface area contributed by atoms with Gasteiger partial charge in [0.1, 0.15) is 18.2 Å². The van der Waals surface area contributed by atoms with Gasteiger partial charge in [0.15, 0.2) is 0 Å². The summed E-state index contributed by atoms with van der Waals surface area (Å²) in [6.07, 6.45) is 1.61. The van der Waals surface area contributed by atoms with Gasteiger partial charge >= 0.3 is 12.2 Å². The van der Waals surface area contributed by atoms with E-state index in [1.54, 1.807) is 32.9 Å². The fourth-order valence-corrected chi connectivity index (χ4v) is 3.03. The molecule has 0 aliphatic carbocycles. The number of ether oxygens (including phenoxy) is 2. The molecule has 0 heterocycles. The maximum atomic E-state index is 13.0. The Kier molecular flexibility index (Phi) is 13.1. The van der Waals surface area contributed by atoms with E-state index in [1.165, 1.54) is 0 Å². The lowest BCUT2D eigenvalue weighted by atomic mass is 10.1. The predicted molar refractivity (Wildman–Crippen MR) is 125 cm³/mol. The van der Waals surface area contributed by atoms with Crippen molar-refractivity contribution in [3.05, 3.63) is 35.9 Å². The molecule has 0 fully saturated rings. The molecule has 0 aliphatic heterocycles. The summed E-state index contributed by atoms with van der Waals surface area (Å²) in [5.74, 6) is -0.460. The third-order valence-electron chi connectivity index (χ3n) is 4.67. The molecule has 186 valence electrons. The zero-order chi connectivity index (χ0) is 24.7. The Hall–Kier alpha value is -2.65. The Morgan fingerprint density at radius 3 is 2.33 bits per heavy atom. The molecule has 33 heavy (non-hydrogen) atoms. The normalized spacial score (nSPS) is 12.0. The molecule has 0 aromatic heterocycles. The number of hydrogen-bond acceptors (Lipinski definition) is 7. The average Bonchev–Trinajstić information content (AvgIpc) is 2.76. The van der Waals surface area contributed by atoms with E-state index in [4.69, 9.17) is 20.3 Å². The van der Waals surface area contributed by atoms with Crippen LogP contribution in [0.2, 0.25) is 0 Å². The second kappa shape index (κ2) is 15.2. The number of imide groups is 1. The van der Waals surface area contributed by atoms with Gasteiger partial charge in [0.2, 0.25) is 5.91 Å². The van der Waals surface area contributed by atoms with Crippen molar-refractivity contribution in [3.8, 4) is 0 Å². The highest BCUT2D eigenvalue weighted by molar-refractivity contribution is 5.95. The number of aliphatic hydroxyl groups excluding tert-OH is 1. The third-order valence-corrected chi connectivity index (χ3v) is 4.67. The van der Waals surface area contributed by atoms with Gasteiger partial charge in [0.05, 0.1) is 0 Å². The van der Waals surface area contributed by atoms with E-state index in [0.29, 0.717) is 38.8 Å². The maximum Gasteiger partial charge on any atom is 0.420 e. The van der Waals surface area contributed by atoms with Gasteiger partial charge in [-0.2, -0.15) is 4.90 Å².